The number of carboxylic acids is 2. The molecule has 4 rings (SSSR count). The molecule has 2 heterocycles. The van der Waals surface area contributed by atoms with Crippen LogP contribution in [0.25, 0.3) is 16.5 Å². The second-order valence-corrected chi connectivity index (χ2v) is 8.24. The SMILES string of the molecule is CC[C@@H](CO)NC(=O)[C@@H]1C=C2c3cccc4[nH]cc(c34)C[C@H]2N(C)C1.O=C(O)/C=C/C(=O)O. The number of benzene rings is 1. The van der Waals surface area contributed by atoms with Crippen molar-refractivity contribution >= 4 is 34.3 Å². The van der Waals surface area contributed by atoms with E-state index in [-0.39, 0.29) is 24.5 Å². The molecule has 0 bridgehead atoms. The summed E-state index contributed by atoms with van der Waals surface area (Å²) in [5.41, 5.74) is 5.01. The van der Waals surface area contributed by atoms with E-state index in [4.69, 9.17) is 10.2 Å². The molecule has 33 heavy (non-hydrogen) atoms. The Hall–Kier alpha value is -3.43. The molecule has 0 saturated carbocycles. The first-order chi connectivity index (χ1) is 15.7. The van der Waals surface area contributed by atoms with Gasteiger partial charge < -0.3 is 25.6 Å². The summed E-state index contributed by atoms with van der Waals surface area (Å²) in [7, 11) is 2.10. The molecule has 1 aromatic carbocycles. The predicted octanol–water partition coefficient (Wildman–Crippen LogP) is 1.64. The van der Waals surface area contributed by atoms with Crippen molar-refractivity contribution in [1.82, 2.24) is 15.2 Å². The number of amides is 1. The van der Waals surface area contributed by atoms with Crippen molar-refractivity contribution in [3.05, 3.63) is 53.8 Å². The Kier molecular flexibility index (Phi) is 7.67. The lowest BCUT2D eigenvalue weighted by Crippen LogP contribution is -2.48. The van der Waals surface area contributed by atoms with Gasteiger partial charge in [-0.3, -0.25) is 9.69 Å². The molecule has 0 spiro atoms. The van der Waals surface area contributed by atoms with Crippen LogP contribution in [0.5, 0.6) is 0 Å². The number of aliphatic hydroxyl groups is 1. The van der Waals surface area contributed by atoms with Crippen LogP contribution in [0.2, 0.25) is 0 Å². The van der Waals surface area contributed by atoms with Gasteiger partial charge >= 0.3 is 11.9 Å². The van der Waals surface area contributed by atoms with Gasteiger partial charge in [0.15, 0.2) is 0 Å². The Morgan fingerprint density at radius 1 is 1.24 bits per heavy atom. The van der Waals surface area contributed by atoms with Gasteiger partial charge in [0.05, 0.1) is 18.6 Å². The fourth-order valence-corrected chi connectivity index (χ4v) is 4.34. The monoisotopic (exact) mass is 455 g/mol. The van der Waals surface area contributed by atoms with Gasteiger partial charge in [0.25, 0.3) is 0 Å². The minimum atomic E-state index is -1.26. The molecular formula is C24H29N3O6. The van der Waals surface area contributed by atoms with E-state index in [1.165, 1.54) is 22.1 Å². The van der Waals surface area contributed by atoms with E-state index in [1.54, 1.807) is 0 Å². The summed E-state index contributed by atoms with van der Waals surface area (Å²) >= 11 is 0. The topological polar surface area (TPSA) is 143 Å². The first kappa shape index (κ1) is 24.2. The smallest absolute Gasteiger partial charge is 0.328 e. The van der Waals surface area contributed by atoms with E-state index in [1.807, 2.05) is 6.92 Å². The minimum Gasteiger partial charge on any atom is -0.478 e. The van der Waals surface area contributed by atoms with Gasteiger partial charge in [0.2, 0.25) is 5.91 Å². The van der Waals surface area contributed by atoms with Gasteiger partial charge in [-0.05, 0) is 42.7 Å². The lowest BCUT2D eigenvalue weighted by atomic mass is 9.80. The maximum Gasteiger partial charge on any atom is 0.328 e. The number of fused-ring (bicyclic) bond motifs is 2. The maximum atomic E-state index is 12.7. The van der Waals surface area contributed by atoms with E-state index in [2.05, 4.69) is 52.7 Å². The number of hydrogen-bond donors (Lipinski definition) is 5. The number of carboxylic acid groups (broad SMARTS) is 2. The number of nitrogens with zero attached hydrogens (tertiary/aromatic N) is 1. The summed E-state index contributed by atoms with van der Waals surface area (Å²) in [5.74, 6) is -2.70. The van der Waals surface area contributed by atoms with Crippen LogP contribution in [0, 0.1) is 5.92 Å². The molecule has 9 nitrogen and oxygen atoms in total. The standard InChI is InChI=1S/C20H25N3O2.C4H4O4/c1-3-14(11-24)22-20(25)13-7-16-15-5-4-6-17-19(15)12(9-21-17)8-18(16)23(2)10-13;5-3(6)1-2-4(7)8/h4-7,9,13-14,18,21,24H,3,8,10-11H2,1-2H3,(H,22,25);1-2H,(H,5,6)(H,7,8)/b;2-1+/t13-,14+,18-;/m1./s1. The summed E-state index contributed by atoms with van der Waals surface area (Å²) in [5, 5.41) is 29.2. The van der Waals surface area contributed by atoms with Crippen molar-refractivity contribution in [3.8, 4) is 0 Å². The molecule has 176 valence electrons. The third-order valence-electron chi connectivity index (χ3n) is 6.03. The van der Waals surface area contributed by atoms with E-state index in [9.17, 15) is 19.5 Å². The van der Waals surface area contributed by atoms with Crippen LogP contribution in [0.3, 0.4) is 0 Å². The second-order valence-electron chi connectivity index (χ2n) is 8.24. The number of hydrogen-bond acceptors (Lipinski definition) is 5. The zero-order valence-electron chi connectivity index (χ0n) is 18.6. The van der Waals surface area contributed by atoms with E-state index < -0.39 is 11.9 Å². The molecule has 1 aromatic heterocycles. The molecule has 2 aliphatic rings. The van der Waals surface area contributed by atoms with Crippen LogP contribution in [-0.4, -0.2) is 75.3 Å². The fourth-order valence-electron chi connectivity index (χ4n) is 4.34. The van der Waals surface area contributed by atoms with E-state index in [0.29, 0.717) is 24.7 Å². The third kappa shape index (κ3) is 5.50. The number of aromatic nitrogens is 1. The summed E-state index contributed by atoms with van der Waals surface area (Å²) in [6.07, 6.45) is 7.09. The van der Waals surface area contributed by atoms with Crippen LogP contribution in [0.1, 0.15) is 24.5 Å². The van der Waals surface area contributed by atoms with Crippen molar-refractivity contribution < 1.29 is 29.7 Å². The number of H-pyrrole nitrogens is 1. The Balaban J connectivity index is 0.000000331. The van der Waals surface area contributed by atoms with Gasteiger partial charge in [-0.1, -0.05) is 25.1 Å². The fraction of sp³-hybridized carbons (Fsp3) is 0.375. The first-order valence-electron chi connectivity index (χ1n) is 10.8. The van der Waals surface area contributed by atoms with Gasteiger partial charge in [0, 0.05) is 41.8 Å². The van der Waals surface area contributed by atoms with Crippen LogP contribution >= 0.6 is 0 Å². The molecule has 1 aliphatic carbocycles. The number of aliphatic hydroxyl groups excluding tert-OH is 1. The molecule has 1 aliphatic heterocycles. The molecule has 9 heteroatoms. The van der Waals surface area contributed by atoms with Gasteiger partial charge in [-0.2, -0.15) is 0 Å². The molecule has 2 aromatic rings. The Labute approximate surface area is 191 Å². The van der Waals surface area contributed by atoms with Crippen molar-refractivity contribution in [2.24, 2.45) is 5.92 Å². The Bertz CT molecular complexity index is 1080. The number of carbonyl (C=O) groups is 3. The summed E-state index contributed by atoms with van der Waals surface area (Å²) in [4.78, 5) is 37.4. The first-order valence-corrected chi connectivity index (χ1v) is 10.8. The van der Waals surface area contributed by atoms with Crippen LogP contribution in [0.15, 0.2) is 42.6 Å². The van der Waals surface area contributed by atoms with Crippen molar-refractivity contribution in [2.45, 2.75) is 31.8 Å². The number of nitrogens with one attached hydrogen (secondary N) is 2. The molecule has 5 N–H and O–H groups in total. The van der Waals surface area contributed by atoms with Gasteiger partial charge in [-0.25, -0.2) is 9.59 Å². The molecule has 0 fully saturated rings. The maximum absolute atomic E-state index is 12.7. The summed E-state index contributed by atoms with van der Waals surface area (Å²) in [6.45, 7) is 2.66. The molecule has 0 saturated heterocycles. The summed E-state index contributed by atoms with van der Waals surface area (Å²) in [6, 6.07) is 6.49. The van der Waals surface area contributed by atoms with Crippen molar-refractivity contribution in [3.63, 3.8) is 0 Å². The van der Waals surface area contributed by atoms with Crippen LogP contribution in [-0.2, 0) is 20.8 Å². The number of aliphatic carboxylic acids is 2. The van der Waals surface area contributed by atoms with Crippen LogP contribution in [0.4, 0.5) is 0 Å². The number of likely N-dealkylation sites (N-methyl/N-ethyl adjacent to an activating group) is 1. The zero-order valence-corrected chi connectivity index (χ0v) is 18.6. The van der Waals surface area contributed by atoms with E-state index >= 15 is 0 Å². The number of carbonyl (C=O) groups excluding carboxylic acids is 1. The lowest BCUT2D eigenvalue weighted by Gasteiger charge is -2.39. The Morgan fingerprint density at radius 2 is 1.94 bits per heavy atom. The van der Waals surface area contributed by atoms with E-state index in [0.717, 1.165) is 18.4 Å². The Morgan fingerprint density at radius 3 is 2.55 bits per heavy atom. The van der Waals surface area contributed by atoms with Crippen LogP contribution < -0.4 is 5.32 Å². The summed E-state index contributed by atoms with van der Waals surface area (Å²) < 4.78 is 0. The average molecular weight is 456 g/mol. The highest BCUT2D eigenvalue weighted by molar-refractivity contribution is 5.99. The molecule has 1 amide bonds. The second kappa shape index (κ2) is 10.5. The molecular weight excluding hydrogens is 426 g/mol. The van der Waals surface area contributed by atoms with Crippen molar-refractivity contribution in [1.29, 1.82) is 0 Å². The average Bonchev–Trinajstić information content (AvgIpc) is 3.21. The number of rotatable bonds is 6. The molecule has 0 radical (unpaired) electrons. The number of aromatic amines is 1. The normalized spacial score (nSPS) is 20.4. The largest absolute Gasteiger partial charge is 0.478 e. The predicted molar refractivity (Wildman–Crippen MR) is 124 cm³/mol. The molecule has 3 atom stereocenters. The highest BCUT2D eigenvalue weighted by atomic mass is 16.4. The quantitative estimate of drug-likeness (QED) is 0.417. The van der Waals surface area contributed by atoms with Crippen molar-refractivity contribution in [2.75, 3.05) is 20.2 Å². The minimum absolute atomic E-state index is 0.00532. The van der Waals surface area contributed by atoms with Gasteiger partial charge in [-0.15, -0.1) is 0 Å². The lowest BCUT2D eigenvalue weighted by molar-refractivity contribution is -0.134. The van der Waals surface area contributed by atoms with Gasteiger partial charge in [0.1, 0.15) is 0 Å². The highest BCUT2D eigenvalue weighted by Gasteiger charge is 2.35. The third-order valence-corrected chi connectivity index (χ3v) is 6.03. The zero-order chi connectivity index (χ0) is 24.1. The highest BCUT2D eigenvalue weighted by Crippen LogP contribution is 2.40. The molecule has 0 unspecified atom stereocenters.